The number of benzene rings is 1. The first-order valence-corrected chi connectivity index (χ1v) is 8.90. The Labute approximate surface area is 154 Å². The molecule has 2 atom stereocenters. The molecule has 0 radical (unpaired) electrons. The van der Waals surface area contributed by atoms with Gasteiger partial charge in [-0.2, -0.15) is 0 Å². The third-order valence-corrected chi connectivity index (χ3v) is 5.21. The first kappa shape index (κ1) is 18.0. The molecular formula is C17H21BrFN3O3. The van der Waals surface area contributed by atoms with Crippen molar-refractivity contribution >= 4 is 39.3 Å². The Hall–Kier alpha value is -1.83. The minimum Gasteiger partial charge on any atom is -0.444 e. The monoisotopic (exact) mass is 413 g/mol. The number of rotatable bonds is 2. The largest absolute Gasteiger partial charge is 0.444 e. The number of anilines is 2. The molecule has 1 saturated heterocycles. The average Bonchev–Trinajstić information content (AvgIpc) is 3.08. The Morgan fingerprint density at radius 3 is 2.72 bits per heavy atom. The number of nitrogen functional groups attached to an aromatic ring is 1. The van der Waals surface area contributed by atoms with Crippen LogP contribution in [0.25, 0.3) is 0 Å². The molecule has 1 aliphatic heterocycles. The van der Waals surface area contributed by atoms with Crippen LogP contribution in [0.15, 0.2) is 16.6 Å². The van der Waals surface area contributed by atoms with E-state index in [1.807, 2.05) is 0 Å². The van der Waals surface area contributed by atoms with Crippen LogP contribution in [-0.2, 0) is 9.53 Å². The molecule has 1 aromatic carbocycles. The number of hydrogen-bond donors (Lipinski definition) is 2. The van der Waals surface area contributed by atoms with Crippen molar-refractivity contribution in [2.45, 2.75) is 44.8 Å². The molecule has 1 saturated carbocycles. The molecule has 2 amide bonds. The predicted octanol–water partition coefficient (Wildman–Crippen LogP) is 3.51. The molecule has 0 bridgehead atoms. The summed E-state index contributed by atoms with van der Waals surface area (Å²) in [7, 11) is 0. The van der Waals surface area contributed by atoms with E-state index >= 15 is 0 Å². The number of hydrogen-bond acceptors (Lipinski definition) is 4. The number of piperidine rings is 1. The van der Waals surface area contributed by atoms with Gasteiger partial charge in [0.2, 0.25) is 0 Å². The van der Waals surface area contributed by atoms with Crippen LogP contribution in [0, 0.1) is 11.7 Å². The fourth-order valence-electron chi connectivity index (χ4n) is 3.35. The Morgan fingerprint density at radius 2 is 2.12 bits per heavy atom. The van der Waals surface area contributed by atoms with Gasteiger partial charge in [0.15, 0.2) is 0 Å². The van der Waals surface area contributed by atoms with Gasteiger partial charge >= 0.3 is 6.09 Å². The molecule has 8 heteroatoms. The number of carbonyl (C=O) groups is 2. The van der Waals surface area contributed by atoms with Crippen molar-refractivity contribution in [3.05, 3.63) is 22.4 Å². The standard InChI is InChI=1S/C17H21BrFN3O3/c1-16(2,3)25-15(24)22-5-4-9-8-17(9,22)14(23)21-13-6-10(18)11(19)7-12(13)20/h6-7,9H,4-5,8,20H2,1-3H3,(H,21,23)/t9-,17+/m1/s1. The summed E-state index contributed by atoms with van der Waals surface area (Å²) < 4.78 is 19.1. The maximum atomic E-state index is 13.5. The van der Waals surface area contributed by atoms with E-state index in [0.29, 0.717) is 18.7 Å². The van der Waals surface area contributed by atoms with E-state index in [4.69, 9.17) is 10.5 Å². The summed E-state index contributed by atoms with van der Waals surface area (Å²) >= 11 is 3.08. The number of amides is 2. The highest BCUT2D eigenvalue weighted by Gasteiger charge is 2.69. The molecule has 2 fully saturated rings. The van der Waals surface area contributed by atoms with Gasteiger partial charge in [-0.3, -0.25) is 9.69 Å². The van der Waals surface area contributed by atoms with Gasteiger partial charge in [-0.1, -0.05) is 0 Å². The van der Waals surface area contributed by atoms with Crippen LogP contribution in [0.5, 0.6) is 0 Å². The quantitative estimate of drug-likeness (QED) is 0.726. The smallest absolute Gasteiger partial charge is 0.411 e. The maximum Gasteiger partial charge on any atom is 0.411 e. The molecule has 2 aliphatic rings. The second-order valence-corrected chi connectivity index (χ2v) is 8.41. The van der Waals surface area contributed by atoms with Crippen molar-refractivity contribution in [1.82, 2.24) is 4.90 Å². The van der Waals surface area contributed by atoms with Gasteiger partial charge in [0.1, 0.15) is 17.0 Å². The van der Waals surface area contributed by atoms with E-state index in [2.05, 4.69) is 21.2 Å². The number of ether oxygens (including phenoxy) is 1. The molecule has 1 aromatic rings. The van der Waals surface area contributed by atoms with Gasteiger partial charge < -0.3 is 15.8 Å². The highest BCUT2D eigenvalue weighted by atomic mass is 79.9. The third-order valence-electron chi connectivity index (χ3n) is 4.60. The summed E-state index contributed by atoms with van der Waals surface area (Å²) in [5.41, 5.74) is 4.71. The molecule has 3 N–H and O–H groups in total. The predicted molar refractivity (Wildman–Crippen MR) is 95.5 cm³/mol. The summed E-state index contributed by atoms with van der Waals surface area (Å²) in [6.45, 7) is 5.84. The minimum absolute atomic E-state index is 0.116. The van der Waals surface area contributed by atoms with Gasteiger partial charge in [-0.15, -0.1) is 0 Å². The first-order chi connectivity index (χ1) is 11.5. The molecule has 1 heterocycles. The number of halogens is 2. The van der Waals surface area contributed by atoms with Crippen LogP contribution in [-0.4, -0.2) is 34.6 Å². The van der Waals surface area contributed by atoms with E-state index in [1.165, 1.54) is 11.0 Å². The van der Waals surface area contributed by atoms with E-state index < -0.39 is 23.1 Å². The molecule has 3 rings (SSSR count). The fourth-order valence-corrected chi connectivity index (χ4v) is 3.69. The SMILES string of the molecule is CC(C)(C)OC(=O)N1CC[C@@H]2C[C@@]21C(=O)Nc1cc(Br)c(F)cc1N. The highest BCUT2D eigenvalue weighted by Crippen LogP contribution is 2.56. The summed E-state index contributed by atoms with van der Waals surface area (Å²) in [6, 6.07) is 2.56. The second kappa shape index (κ2) is 5.86. The van der Waals surface area contributed by atoms with Gasteiger partial charge in [0.25, 0.3) is 5.91 Å². The van der Waals surface area contributed by atoms with E-state index in [0.717, 1.165) is 12.5 Å². The Kier molecular flexibility index (Phi) is 4.21. The Bertz CT molecular complexity index is 749. The van der Waals surface area contributed by atoms with Crippen molar-refractivity contribution in [3.63, 3.8) is 0 Å². The lowest BCUT2D eigenvalue weighted by molar-refractivity contribution is -0.122. The zero-order valence-electron chi connectivity index (χ0n) is 14.4. The molecule has 0 unspecified atom stereocenters. The number of nitrogens with two attached hydrogens (primary N) is 1. The Balaban J connectivity index is 1.80. The molecule has 0 aromatic heterocycles. The van der Waals surface area contributed by atoms with Crippen LogP contribution >= 0.6 is 15.9 Å². The number of nitrogens with zero attached hydrogens (tertiary/aromatic N) is 1. The summed E-state index contributed by atoms with van der Waals surface area (Å²) in [6.07, 6.45) is 0.867. The zero-order valence-corrected chi connectivity index (χ0v) is 15.9. The molecule has 0 spiro atoms. The topological polar surface area (TPSA) is 84.7 Å². The third kappa shape index (κ3) is 3.19. The highest BCUT2D eigenvalue weighted by molar-refractivity contribution is 9.10. The Morgan fingerprint density at radius 1 is 1.44 bits per heavy atom. The first-order valence-electron chi connectivity index (χ1n) is 8.11. The van der Waals surface area contributed by atoms with Crippen molar-refractivity contribution in [3.8, 4) is 0 Å². The van der Waals surface area contributed by atoms with Gasteiger partial charge in [0.05, 0.1) is 15.8 Å². The van der Waals surface area contributed by atoms with E-state index in [1.54, 1.807) is 20.8 Å². The molecular weight excluding hydrogens is 393 g/mol. The average molecular weight is 414 g/mol. The normalized spacial score (nSPS) is 24.7. The van der Waals surface area contributed by atoms with Crippen LogP contribution in [0.4, 0.5) is 20.6 Å². The molecule has 25 heavy (non-hydrogen) atoms. The fraction of sp³-hybridized carbons (Fsp3) is 0.529. The second-order valence-electron chi connectivity index (χ2n) is 7.55. The number of likely N-dealkylation sites (tertiary alicyclic amines) is 1. The lowest BCUT2D eigenvalue weighted by atomic mass is 10.1. The number of carbonyl (C=O) groups excluding carboxylic acids is 2. The summed E-state index contributed by atoms with van der Waals surface area (Å²) in [5, 5.41) is 2.74. The molecule has 1 aliphatic carbocycles. The number of nitrogens with one attached hydrogen (secondary N) is 1. The van der Waals surface area contributed by atoms with Crippen LogP contribution in [0.3, 0.4) is 0 Å². The minimum atomic E-state index is -0.893. The van der Waals surface area contributed by atoms with Gasteiger partial charge in [0, 0.05) is 12.6 Å². The van der Waals surface area contributed by atoms with Crippen molar-refractivity contribution in [2.24, 2.45) is 5.92 Å². The lowest BCUT2D eigenvalue weighted by Crippen LogP contribution is -2.49. The van der Waals surface area contributed by atoms with E-state index in [-0.39, 0.29) is 22.0 Å². The van der Waals surface area contributed by atoms with Gasteiger partial charge in [-0.05, 0) is 61.5 Å². The van der Waals surface area contributed by atoms with Gasteiger partial charge in [-0.25, -0.2) is 9.18 Å². The summed E-state index contributed by atoms with van der Waals surface area (Å²) in [5.74, 6) is -0.703. The summed E-state index contributed by atoms with van der Waals surface area (Å²) in [4.78, 5) is 26.9. The molecule has 6 nitrogen and oxygen atoms in total. The van der Waals surface area contributed by atoms with Crippen LogP contribution in [0.1, 0.15) is 33.6 Å². The van der Waals surface area contributed by atoms with Crippen molar-refractivity contribution < 1.29 is 18.7 Å². The van der Waals surface area contributed by atoms with Crippen molar-refractivity contribution in [1.29, 1.82) is 0 Å². The van der Waals surface area contributed by atoms with Crippen molar-refractivity contribution in [2.75, 3.05) is 17.6 Å². The maximum absolute atomic E-state index is 13.5. The number of fused-ring (bicyclic) bond motifs is 1. The van der Waals surface area contributed by atoms with Crippen LogP contribution in [0.2, 0.25) is 0 Å². The van der Waals surface area contributed by atoms with Crippen LogP contribution < -0.4 is 11.1 Å². The molecule has 136 valence electrons. The zero-order chi connectivity index (χ0) is 18.6. The lowest BCUT2D eigenvalue weighted by Gasteiger charge is -2.30. The van der Waals surface area contributed by atoms with E-state index in [9.17, 15) is 14.0 Å².